The van der Waals surface area contributed by atoms with Crippen molar-refractivity contribution in [3.63, 3.8) is 0 Å². The summed E-state index contributed by atoms with van der Waals surface area (Å²) < 4.78 is 4.95. The second kappa shape index (κ2) is 9.54. The van der Waals surface area contributed by atoms with Gasteiger partial charge >= 0.3 is 5.97 Å². The zero-order chi connectivity index (χ0) is 21.7. The summed E-state index contributed by atoms with van der Waals surface area (Å²) in [4.78, 5) is 37.0. The van der Waals surface area contributed by atoms with Crippen LogP contribution in [0.1, 0.15) is 51.6 Å². The minimum atomic E-state index is -0.369. The number of ketones is 1. The van der Waals surface area contributed by atoms with E-state index in [-0.39, 0.29) is 35.0 Å². The first-order chi connectivity index (χ1) is 14.4. The van der Waals surface area contributed by atoms with Crippen molar-refractivity contribution >= 4 is 41.2 Å². The quantitative estimate of drug-likeness (QED) is 0.317. The normalized spacial score (nSPS) is 15.7. The lowest BCUT2D eigenvalue weighted by Gasteiger charge is -2.23. The maximum atomic E-state index is 12.7. The van der Waals surface area contributed by atoms with E-state index in [4.69, 9.17) is 22.2 Å². The van der Waals surface area contributed by atoms with E-state index in [9.17, 15) is 14.4 Å². The molecule has 0 saturated carbocycles. The summed E-state index contributed by atoms with van der Waals surface area (Å²) in [6.07, 6.45) is 2.73. The van der Waals surface area contributed by atoms with Gasteiger partial charge in [-0.25, -0.2) is 0 Å². The highest BCUT2D eigenvalue weighted by Crippen LogP contribution is 2.30. The molecule has 156 valence electrons. The number of nitrogens with one attached hydrogen (secondary N) is 1. The number of carbonyl (C=O) groups is 3. The number of Topliss-reactive ketones (excluding diaryl/α,β-unsaturated/α-hetero) is 1. The second-order valence-corrected chi connectivity index (χ2v) is 7.36. The molecule has 2 aromatic rings. The van der Waals surface area contributed by atoms with Gasteiger partial charge in [0.25, 0.3) is 5.91 Å². The maximum absolute atomic E-state index is 12.7. The van der Waals surface area contributed by atoms with Crippen LogP contribution >= 0.6 is 11.6 Å². The summed E-state index contributed by atoms with van der Waals surface area (Å²) in [5.41, 5.74) is 2.99. The molecule has 3 rings (SSSR count). The fourth-order valence-corrected chi connectivity index (χ4v) is 3.77. The number of nitrogens with zero attached hydrogens (tertiary/aromatic N) is 1. The SMILES string of the molecule is CCOC(=O)CC1CCc2cc(NC(=O)c3ccc(C=NN)cc3Cl)ccc2C1=O. The third kappa shape index (κ3) is 4.86. The van der Waals surface area contributed by atoms with Crippen molar-refractivity contribution in [3.8, 4) is 0 Å². The van der Waals surface area contributed by atoms with Crippen molar-refractivity contribution in [1.82, 2.24) is 0 Å². The highest BCUT2D eigenvalue weighted by Gasteiger charge is 2.29. The highest BCUT2D eigenvalue weighted by molar-refractivity contribution is 6.34. The Morgan fingerprint density at radius 1 is 1.30 bits per heavy atom. The minimum absolute atomic E-state index is 0.0672. The van der Waals surface area contributed by atoms with Crippen LogP contribution in [0.15, 0.2) is 41.5 Å². The van der Waals surface area contributed by atoms with Gasteiger partial charge in [-0.05, 0) is 61.2 Å². The number of hydrogen-bond donors (Lipinski definition) is 2. The second-order valence-electron chi connectivity index (χ2n) is 6.95. The van der Waals surface area contributed by atoms with Gasteiger partial charge in [0, 0.05) is 17.2 Å². The smallest absolute Gasteiger partial charge is 0.306 e. The maximum Gasteiger partial charge on any atom is 0.306 e. The molecule has 3 N–H and O–H groups in total. The van der Waals surface area contributed by atoms with Gasteiger partial charge in [0.2, 0.25) is 0 Å². The molecule has 0 radical (unpaired) electrons. The molecule has 30 heavy (non-hydrogen) atoms. The number of aryl methyl sites for hydroxylation is 1. The molecule has 1 aliphatic carbocycles. The minimum Gasteiger partial charge on any atom is -0.466 e. The number of halogens is 1. The highest BCUT2D eigenvalue weighted by atomic mass is 35.5. The van der Waals surface area contributed by atoms with E-state index in [0.717, 1.165) is 5.56 Å². The third-order valence-corrected chi connectivity index (χ3v) is 5.25. The van der Waals surface area contributed by atoms with E-state index in [2.05, 4.69) is 10.4 Å². The molecule has 7 nitrogen and oxygen atoms in total. The van der Waals surface area contributed by atoms with Gasteiger partial charge in [-0.2, -0.15) is 5.10 Å². The Morgan fingerprint density at radius 2 is 2.10 bits per heavy atom. The summed E-state index contributed by atoms with van der Waals surface area (Å²) in [6, 6.07) is 10.0. The molecule has 1 atom stereocenters. The van der Waals surface area contributed by atoms with E-state index in [1.165, 1.54) is 6.21 Å². The lowest BCUT2D eigenvalue weighted by molar-refractivity contribution is -0.144. The molecule has 0 heterocycles. The Bertz CT molecular complexity index is 1020. The Hall–Kier alpha value is -3.19. The van der Waals surface area contributed by atoms with Crippen molar-refractivity contribution in [1.29, 1.82) is 0 Å². The topological polar surface area (TPSA) is 111 Å². The number of anilines is 1. The van der Waals surface area contributed by atoms with Crippen LogP contribution in [0.3, 0.4) is 0 Å². The summed E-state index contributed by atoms with van der Waals surface area (Å²) in [7, 11) is 0. The summed E-state index contributed by atoms with van der Waals surface area (Å²) in [6.45, 7) is 2.04. The largest absolute Gasteiger partial charge is 0.466 e. The van der Waals surface area contributed by atoms with Crippen LogP contribution in [0.5, 0.6) is 0 Å². The first-order valence-electron chi connectivity index (χ1n) is 9.59. The van der Waals surface area contributed by atoms with E-state index >= 15 is 0 Å². The van der Waals surface area contributed by atoms with Gasteiger partial charge < -0.3 is 15.9 Å². The number of ether oxygens (including phenoxy) is 1. The van der Waals surface area contributed by atoms with Crippen molar-refractivity contribution in [3.05, 3.63) is 63.7 Å². The number of carbonyl (C=O) groups excluding carboxylic acids is 3. The Balaban J connectivity index is 1.72. The van der Waals surface area contributed by atoms with Crippen LogP contribution in [0.25, 0.3) is 0 Å². The molecule has 1 aliphatic rings. The molecule has 2 aromatic carbocycles. The molecule has 0 fully saturated rings. The van der Waals surface area contributed by atoms with E-state index in [1.807, 2.05) is 0 Å². The average Bonchev–Trinajstić information content (AvgIpc) is 2.70. The predicted molar refractivity (Wildman–Crippen MR) is 115 cm³/mol. The van der Waals surface area contributed by atoms with Gasteiger partial charge in [-0.3, -0.25) is 14.4 Å². The van der Waals surface area contributed by atoms with Crippen LogP contribution in [0.4, 0.5) is 5.69 Å². The number of hydrogen-bond acceptors (Lipinski definition) is 6. The number of nitrogens with two attached hydrogens (primary N) is 1. The zero-order valence-electron chi connectivity index (χ0n) is 16.5. The van der Waals surface area contributed by atoms with Crippen LogP contribution in [-0.2, 0) is 16.0 Å². The van der Waals surface area contributed by atoms with Crippen LogP contribution < -0.4 is 11.2 Å². The Kier molecular flexibility index (Phi) is 6.84. The fourth-order valence-electron chi connectivity index (χ4n) is 3.50. The lowest BCUT2D eigenvalue weighted by atomic mass is 9.81. The van der Waals surface area contributed by atoms with E-state index in [0.29, 0.717) is 41.8 Å². The number of hydrazone groups is 1. The molecule has 0 saturated heterocycles. The molecule has 0 bridgehead atoms. The first-order valence-corrected chi connectivity index (χ1v) is 9.97. The van der Waals surface area contributed by atoms with E-state index < -0.39 is 0 Å². The Morgan fingerprint density at radius 3 is 2.80 bits per heavy atom. The lowest BCUT2D eigenvalue weighted by Crippen LogP contribution is -2.26. The summed E-state index contributed by atoms with van der Waals surface area (Å²) in [5.74, 6) is 3.97. The number of benzene rings is 2. The molecule has 8 heteroatoms. The van der Waals surface area contributed by atoms with Crippen molar-refractivity contribution < 1.29 is 19.1 Å². The molecule has 0 aliphatic heterocycles. The van der Waals surface area contributed by atoms with Gasteiger partial charge in [-0.1, -0.05) is 17.7 Å². The molecule has 0 spiro atoms. The molecule has 1 amide bonds. The van der Waals surface area contributed by atoms with Gasteiger partial charge in [0.15, 0.2) is 5.78 Å². The first kappa shape index (κ1) is 21.5. The molecule has 0 aromatic heterocycles. The monoisotopic (exact) mass is 427 g/mol. The molecular weight excluding hydrogens is 406 g/mol. The van der Waals surface area contributed by atoms with Crippen molar-refractivity contribution in [2.45, 2.75) is 26.2 Å². The standard InChI is InChI=1S/C22H22ClN3O4/c1-2-30-20(27)11-15-5-4-14-10-16(6-8-17(14)21(15)28)26-22(29)18-7-3-13(12-25-24)9-19(18)23/h3,6-10,12,15H,2,4-5,11,24H2,1H3,(H,26,29). The fraction of sp³-hybridized carbons (Fsp3) is 0.273. The van der Waals surface area contributed by atoms with Crippen LogP contribution in [0.2, 0.25) is 5.02 Å². The third-order valence-electron chi connectivity index (χ3n) is 4.94. The average molecular weight is 428 g/mol. The van der Waals surface area contributed by atoms with Crippen molar-refractivity contribution in [2.24, 2.45) is 16.9 Å². The number of esters is 1. The number of amides is 1. The summed E-state index contributed by atoms with van der Waals surface area (Å²) in [5, 5.41) is 6.52. The van der Waals surface area contributed by atoms with Crippen molar-refractivity contribution in [2.75, 3.05) is 11.9 Å². The van der Waals surface area contributed by atoms with Crippen LogP contribution in [-0.4, -0.2) is 30.5 Å². The van der Waals surface area contributed by atoms with E-state index in [1.54, 1.807) is 43.3 Å². The Labute approximate surface area is 179 Å². The molecule has 1 unspecified atom stereocenters. The van der Waals surface area contributed by atoms with Crippen LogP contribution in [0, 0.1) is 5.92 Å². The predicted octanol–water partition coefficient (Wildman–Crippen LogP) is 3.58. The zero-order valence-corrected chi connectivity index (χ0v) is 17.2. The molecular formula is C22H22ClN3O4. The number of rotatable bonds is 6. The summed E-state index contributed by atoms with van der Waals surface area (Å²) >= 11 is 6.19. The van der Waals surface area contributed by atoms with Gasteiger partial charge in [-0.15, -0.1) is 0 Å². The van der Waals surface area contributed by atoms with Gasteiger partial charge in [0.05, 0.1) is 29.8 Å². The number of fused-ring (bicyclic) bond motifs is 1. The van der Waals surface area contributed by atoms with Gasteiger partial charge in [0.1, 0.15) is 0 Å².